The molecule has 0 radical (unpaired) electrons. The van der Waals surface area contributed by atoms with Gasteiger partial charge in [0.25, 0.3) is 0 Å². The van der Waals surface area contributed by atoms with Crippen molar-refractivity contribution >= 4 is 5.97 Å². The SMILES string of the molecule is CC(C)(C)C(=O)OC[N+]1(C)CC[C@]23CCCC[C@H]2[C@H]1Cc1ccc(O)cc13. The topological polar surface area (TPSA) is 46.5 Å². The highest BCUT2D eigenvalue weighted by Crippen LogP contribution is 2.57. The monoisotopic (exact) mass is 372 g/mol. The number of phenols is 1. The molecule has 2 aliphatic carbocycles. The molecule has 1 aromatic carbocycles. The summed E-state index contributed by atoms with van der Waals surface area (Å²) in [5.41, 5.74) is 2.55. The minimum atomic E-state index is -0.458. The van der Waals surface area contributed by atoms with Gasteiger partial charge in [0.05, 0.1) is 25.0 Å². The summed E-state index contributed by atoms with van der Waals surface area (Å²) in [5, 5.41) is 10.1. The Labute approximate surface area is 163 Å². The van der Waals surface area contributed by atoms with Crippen LogP contribution in [0.2, 0.25) is 0 Å². The number of piperidine rings is 1. The highest BCUT2D eigenvalue weighted by atomic mass is 16.5. The Morgan fingerprint density at radius 3 is 2.81 bits per heavy atom. The second-order valence-corrected chi connectivity index (χ2v) is 10.4. The molecule has 1 N–H and O–H groups in total. The molecule has 0 aromatic heterocycles. The lowest BCUT2D eigenvalue weighted by Crippen LogP contribution is -2.69. The number of rotatable bonds is 2. The van der Waals surface area contributed by atoms with Crippen molar-refractivity contribution in [2.24, 2.45) is 11.3 Å². The van der Waals surface area contributed by atoms with Gasteiger partial charge in [-0.2, -0.15) is 0 Å². The van der Waals surface area contributed by atoms with E-state index in [0.29, 0.717) is 24.4 Å². The Kier molecular flexibility index (Phi) is 4.34. The first-order valence-electron chi connectivity index (χ1n) is 10.5. The summed E-state index contributed by atoms with van der Waals surface area (Å²) in [6.07, 6.45) is 7.19. The number of nitrogens with zero attached hydrogens (tertiary/aromatic N) is 1. The summed E-state index contributed by atoms with van der Waals surface area (Å²) >= 11 is 0. The molecule has 4 heteroatoms. The molecule has 1 aliphatic heterocycles. The largest absolute Gasteiger partial charge is 0.508 e. The Balaban J connectivity index is 1.67. The average Bonchev–Trinajstić information content (AvgIpc) is 2.62. The fourth-order valence-corrected chi connectivity index (χ4v) is 6.04. The van der Waals surface area contributed by atoms with E-state index in [2.05, 4.69) is 13.1 Å². The first kappa shape index (κ1) is 18.8. The Hall–Kier alpha value is -1.55. The van der Waals surface area contributed by atoms with Crippen LogP contribution in [0.1, 0.15) is 64.0 Å². The molecule has 1 heterocycles. The zero-order valence-corrected chi connectivity index (χ0v) is 17.3. The van der Waals surface area contributed by atoms with Crippen molar-refractivity contribution in [3.05, 3.63) is 29.3 Å². The van der Waals surface area contributed by atoms with Crippen LogP contribution in [0.5, 0.6) is 5.75 Å². The molecule has 1 aromatic rings. The second-order valence-electron chi connectivity index (χ2n) is 10.4. The van der Waals surface area contributed by atoms with Gasteiger partial charge in [-0.25, -0.2) is 0 Å². The van der Waals surface area contributed by atoms with Crippen LogP contribution in [0.25, 0.3) is 0 Å². The minimum Gasteiger partial charge on any atom is -0.508 e. The van der Waals surface area contributed by atoms with Crippen LogP contribution in [-0.4, -0.2) is 41.9 Å². The lowest BCUT2D eigenvalue weighted by molar-refractivity contribution is -0.959. The lowest BCUT2D eigenvalue weighted by atomic mass is 9.52. The number of hydrogen-bond donors (Lipinski definition) is 1. The zero-order chi connectivity index (χ0) is 19.4. The van der Waals surface area contributed by atoms with Crippen LogP contribution in [0.15, 0.2) is 18.2 Å². The summed E-state index contributed by atoms with van der Waals surface area (Å²) in [6.45, 7) is 7.26. The molecular weight excluding hydrogens is 338 g/mol. The van der Waals surface area contributed by atoms with Gasteiger partial charge in [0.2, 0.25) is 6.73 Å². The fourth-order valence-electron chi connectivity index (χ4n) is 6.04. The second kappa shape index (κ2) is 6.23. The summed E-state index contributed by atoms with van der Waals surface area (Å²) < 4.78 is 6.65. The Morgan fingerprint density at radius 1 is 1.30 bits per heavy atom. The Morgan fingerprint density at radius 2 is 2.07 bits per heavy atom. The van der Waals surface area contributed by atoms with Crippen molar-refractivity contribution in [1.82, 2.24) is 0 Å². The van der Waals surface area contributed by atoms with Gasteiger partial charge in [0, 0.05) is 24.2 Å². The van der Waals surface area contributed by atoms with E-state index in [-0.39, 0.29) is 11.4 Å². The molecule has 1 saturated carbocycles. The number of fused-ring (bicyclic) bond motifs is 1. The molecule has 2 fully saturated rings. The zero-order valence-electron chi connectivity index (χ0n) is 17.3. The maximum atomic E-state index is 12.4. The van der Waals surface area contributed by atoms with Crippen molar-refractivity contribution in [1.29, 1.82) is 0 Å². The van der Waals surface area contributed by atoms with Gasteiger partial charge in [0.15, 0.2) is 0 Å². The van der Waals surface area contributed by atoms with E-state index in [4.69, 9.17) is 4.74 Å². The maximum Gasteiger partial charge on any atom is 0.315 e. The third-order valence-electron chi connectivity index (χ3n) is 7.59. The number of phenolic OH excluding ortho intramolecular Hbond substituents is 1. The van der Waals surface area contributed by atoms with Gasteiger partial charge in [0.1, 0.15) is 5.75 Å². The van der Waals surface area contributed by atoms with E-state index in [9.17, 15) is 9.90 Å². The smallest absolute Gasteiger partial charge is 0.315 e. The molecule has 0 spiro atoms. The highest BCUT2D eigenvalue weighted by Gasteiger charge is 2.59. The number of carbonyl (C=O) groups excluding carboxylic acids is 1. The molecule has 27 heavy (non-hydrogen) atoms. The fraction of sp³-hybridized carbons (Fsp3) is 0.696. The van der Waals surface area contributed by atoms with E-state index in [0.717, 1.165) is 23.9 Å². The van der Waals surface area contributed by atoms with Crippen LogP contribution in [0.4, 0.5) is 0 Å². The molecule has 2 bridgehead atoms. The quantitative estimate of drug-likeness (QED) is 0.627. The lowest BCUT2D eigenvalue weighted by Gasteiger charge is -2.61. The summed E-state index contributed by atoms with van der Waals surface area (Å²) in [4.78, 5) is 12.4. The number of quaternary nitrogens is 1. The maximum absolute atomic E-state index is 12.4. The predicted molar refractivity (Wildman–Crippen MR) is 105 cm³/mol. The van der Waals surface area contributed by atoms with Crippen LogP contribution >= 0.6 is 0 Å². The van der Waals surface area contributed by atoms with Gasteiger partial charge in [-0.1, -0.05) is 18.9 Å². The van der Waals surface area contributed by atoms with Gasteiger partial charge in [-0.15, -0.1) is 0 Å². The number of ether oxygens (including phenoxy) is 1. The van der Waals surface area contributed by atoms with E-state index < -0.39 is 5.41 Å². The molecule has 148 valence electrons. The number of likely N-dealkylation sites (tertiary alicyclic amines) is 1. The standard InChI is InChI=1S/C23H33NO3/c1-22(2,3)21(26)27-15-24(4)12-11-23-10-6-5-7-18(23)20(24)13-16-8-9-17(25)14-19(16)23/h8-9,14,18,20H,5-7,10-13,15H2,1-4H3/p+1/t18-,20+,23+,24?/m0/s1. The predicted octanol–water partition coefficient (Wildman–Crippen LogP) is 4.14. The molecule has 3 aliphatic rings. The first-order valence-corrected chi connectivity index (χ1v) is 10.5. The van der Waals surface area contributed by atoms with Gasteiger partial charge in [-0.3, -0.25) is 9.28 Å². The number of hydrogen-bond acceptors (Lipinski definition) is 3. The van der Waals surface area contributed by atoms with Gasteiger partial charge >= 0.3 is 5.97 Å². The van der Waals surface area contributed by atoms with E-state index in [1.54, 1.807) is 0 Å². The van der Waals surface area contributed by atoms with Gasteiger partial charge < -0.3 is 9.84 Å². The molecule has 0 amide bonds. The van der Waals surface area contributed by atoms with Crippen molar-refractivity contribution in [3.8, 4) is 5.75 Å². The number of likely N-dealkylation sites (N-methyl/N-ethyl adjacent to an activating group) is 1. The Bertz CT molecular complexity index is 752. The molecule has 1 saturated heterocycles. The molecular formula is C23H34NO3+. The van der Waals surface area contributed by atoms with Crippen molar-refractivity contribution < 1.29 is 19.1 Å². The van der Waals surface area contributed by atoms with Crippen molar-refractivity contribution in [2.75, 3.05) is 20.3 Å². The van der Waals surface area contributed by atoms with Gasteiger partial charge in [-0.05, 0) is 56.9 Å². The van der Waals surface area contributed by atoms with E-state index >= 15 is 0 Å². The highest BCUT2D eigenvalue weighted by molar-refractivity contribution is 5.75. The van der Waals surface area contributed by atoms with Crippen LogP contribution in [0.3, 0.4) is 0 Å². The van der Waals surface area contributed by atoms with Crippen molar-refractivity contribution in [3.63, 3.8) is 0 Å². The third-order valence-corrected chi connectivity index (χ3v) is 7.59. The van der Waals surface area contributed by atoms with Crippen LogP contribution in [-0.2, 0) is 21.4 Å². The summed E-state index contributed by atoms with van der Waals surface area (Å²) in [5.74, 6) is 0.906. The molecule has 4 rings (SSSR count). The number of benzene rings is 1. The number of aromatic hydroxyl groups is 1. The summed E-state index contributed by atoms with van der Waals surface area (Å²) in [6, 6.07) is 6.49. The van der Waals surface area contributed by atoms with Crippen molar-refractivity contribution in [2.45, 2.75) is 70.8 Å². The molecule has 4 nitrogen and oxygen atoms in total. The normalized spacial score (nSPS) is 35.1. The number of carbonyl (C=O) groups is 1. The first-order chi connectivity index (χ1) is 12.7. The molecule has 1 unspecified atom stereocenters. The van der Waals surface area contributed by atoms with E-state index in [1.165, 1.54) is 36.8 Å². The molecule has 4 atom stereocenters. The van der Waals surface area contributed by atoms with E-state index in [1.807, 2.05) is 32.9 Å². The van der Waals surface area contributed by atoms with Crippen LogP contribution in [0, 0.1) is 11.3 Å². The van der Waals surface area contributed by atoms with Crippen LogP contribution < -0.4 is 0 Å². The third kappa shape index (κ3) is 2.97. The minimum absolute atomic E-state index is 0.108. The average molecular weight is 373 g/mol. The number of esters is 1. The summed E-state index contributed by atoms with van der Waals surface area (Å²) in [7, 11) is 2.28.